The highest BCUT2D eigenvalue weighted by atomic mass is 79.9. The first kappa shape index (κ1) is 20.4. The van der Waals surface area contributed by atoms with Crippen LogP contribution in [-0.2, 0) is 16.0 Å². The zero-order valence-electron chi connectivity index (χ0n) is 16.0. The third-order valence-corrected chi connectivity index (χ3v) is 5.70. The van der Waals surface area contributed by atoms with E-state index in [4.69, 9.17) is 0 Å². The maximum absolute atomic E-state index is 13.0. The van der Waals surface area contributed by atoms with Gasteiger partial charge in [-0.05, 0) is 60.7 Å². The Bertz CT molecular complexity index is 911. The number of amides is 1. The molecule has 1 N–H and O–H groups in total. The Hall–Kier alpha value is -2.34. The Morgan fingerprint density at radius 3 is 2.75 bits per heavy atom. The SMILES string of the molecule is CCc1cc(Br)cc(C)c1C1C(=O)CC(CCNC(=O)c2ccccn2)C1=O. The lowest BCUT2D eigenvalue weighted by Gasteiger charge is -2.17. The Labute approximate surface area is 173 Å². The molecule has 0 saturated heterocycles. The van der Waals surface area contributed by atoms with Gasteiger partial charge < -0.3 is 5.32 Å². The van der Waals surface area contributed by atoms with Crippen LogP contribution in [0.25, 0.3) is 0 Å². The van der Waals surface area contributed by atoms with Crippen molar-refractivity contribution >= 4 is 33.4 Å². The van der Waals surface area contributed by atoms with Gasteiger partial charge in [0.2, 0.25) is 0 Å². The molecule has 0 bridgehead atoms. The molecule has 28 heavy (non-hydrogen) atoms. The number of ketones is 2. The summed E-state index contributed by atoms with van der Waals surface area (Å²) in [5, 5.41) is 2.79. The predicted molar refractivity (Wildman–Crippen MR) is 110 cm³/mol. The van der Waals surface area contributed by atoms with Gasteiger partial charge in [0.15, 0.2) is 5.78 Å². The molecule has 1 saturated carbocycles. The number of nitrogens with zero attached hydrogens (tertiary/aromatic N) is 1. The number of aryl methyl sites for hydroxylation is 2. The van der Waals surface area contributed by atoms with Crippen LogP contribution < -0.4 is 5.32 Å². The number of nitrogens with one attached hydrogen (secondary N) is 1. The molecule has 1 fully saturated rings. The van der Waals surface area contributed by atoms with Crippen molar-refractivity contribution in [2.24, 2.45) is 5.92 Å². The second-order valence-corrected chi connectivity index (χ2v) is 8.03. The lowest BCUT2D eigenvalue weighted by Crippen LogP contribution is -2.27. The lowest BCUT2D eigenvalue weighted by molar-refractivity contribution is -0.124. The maximum atomic E-state index is 13.0. The monoisotopic (exact) mass is 442 g/mol. The molecule has 6 heteroatoms. The van der Waals surface area contributed by atoms with E-state index in [0.717, 1.165) is 27.6 Å². The fraction of sp³-hybridized carbons (Fsp3) is 0.364. The summed E-state index contributed by atoms with van der Waals surface area (Å²) in [6.45, 7) is 4.31. The van der Waals surface area contributed by atoms with Gasteiger partial charge in [-0.2, -0.15) is 0 Å². The number of aromatic nitrogens is 1. The molecular weight excluding hydrogens is 420 g/mol. The van der Waals surface area contributed by atoms with Gasteiger partial charge in [-0.3, -0.25) is 19.4 Å². The first-order valence-electron chi connectivity index (χ1n) is 9.47. The second-order valence-electron chi connectivity index (χ2n) is 7.11. The average Bonchev–Trinajstić information content (AvgIpc) is 2.95. The molecule has 1 aliphatic rings. The van der Waals surface area contributed by atoms with Crippen molar-refractivity contribution in [2.45, 2.75) is 39.0 Å². The van der Waals surface area contributed by atoms with Gasteiger partial charge >= 0.3 is 0 Å². The predicted octanol–water partition coefficient (Wildman–Crippen LogP) is 3.78. The Morgan fingerprint density at radius 2 is 2.07 bits per heavy atom. The van der Waals surface area contributed by atoms with Crippen LogP contribution in [0.4, 0.5) is 0 Å². The van der Waals surface area contributed by atoms with E-state index < -0.39 is 5.92 Å². The number of rotatable bonds is 6. The van der Waals surface area contributed by atoms with E-state index in [1.807, 2.05) is 26.0 Å². The van der Waals surface area contributed by atoms with E-state index in [1.165, 1.54) is 0 Å². The lowest BCUT2D eigenvalue weighted by atomic mass is 9.86. The quantitative estimate of drug-likeness (QED) is 0.690. The fourth-order valence-corrected chi connectivity index (χ4v) is 4.50. The minimum atomic E-state index is -0.681. The second kappa shape index (κ2) is 8.78. The van der Waals surface area contributed by atoms with Crippen molar-refractivity contribution in [3.05, 3.63) is 63.4 Å². The highest BCUT2D eigenvalue weighted by Gasteiger charge is 2.43. The van der Waals surface area contributed by atoms with Crippen molar-refractivity contribution in [3.63, 3.8) is 0 Å². The standard InChI is InChI=1S/C22H23BrN2O3/c1-3-14-11-16(23)10-13(2)19(14)20-18(26)12-15(21(20)27)7-9-25-22(28)17-6-4-5-8-24-17/h4-6,8,10-11,15,20H,3,7,9,12H2,1-2H3,(H,25,28). The molecule has 2 unspecified atom stereocenters. The summed E-state index contributed by atoms with van der Waals surface area (Å²) in [5.41, 5.74) is 3.19. The Balaban J connectivity index is 1.68. The summed E-state index contributed by atoms with van der Waals surface area (Å²) in [5.74, 6) is -1.36. The van der Waals surface area contributed by atoms with Crippen molar-refractivity contribution in [2.75, 3.05) is 6.54 Å². The van der Waals surface area contributed by atoms with Crippen LogP contribution in [-0.4, -0.2) is 29.0 Å². The van der Waals surface area contributed by atoms with Gasteiger partial charge in [0.05, 0.1) is 0 Å². The average molecular weight is 443 g/mol. The zero-order chi connectivity index (χ0) is 20.3. The van der Waals surface area contributed by atoms with Crippen LogP contribution in [0.2, 0.25) is 0 Å². The number of hydrogen-bond acceptors (Lipinski definition) is 4. The molecule has 1 aliphatic carbocycles. The summed E-state index contributed by atoms with van der Waals surface area (Å²) in [6, 6.07) is 9.07. The van der Waals surface area contributed by atoms with E-state index in [-0.39, 0.29) is 29.8 Å². The van der Waals surface area contributed by atoms with Crippen molar-refractivity contribution in [3.8, 4) is 0 Å². The molecule has 1 amide bonds. The molecule has 5 nitrogen and oxygen atoms in total. The number of pyridine rings is 1. The maximum Gasteiger partial charge on any atom is 0.269 e. The van der Waals surface area contributed by atoms with Gasteiger partial charge in [0.25, 0.3) is 5.91 Å². The van der Waals surface area contributed by atoms with Crippen LogP contribution in [0.15, 0.2) is 41.0 Å². The molecule has 0 spiro atoms. The van der Waals surface area contributed by atoms with Crippen molar-refractivity contribution < 1.29 is 14.4 Å². The van der Waals surface area contributed by atoms with Crippen molar-refractivity contribution in [1.82, 2.24) is 10.3 Å². The van der Waals surface area contributed by atoms with Crippen LogP contribution in [0.5, 0.6) is 0 Å². The van der Waals surface area contributed by atoms with Crippen molar-refractivity contribution in [1.29, 1.82) is 0 Å². The van der Waals surface area contributed by atoms with E-state index in [2.05, 4.69) is 26.2 Å². The Kier molecular flexibility index (Phi) is 6.39. The third kappa shape index (κ3) is 4.22. The van der Waals surface area contributed by atoms with Crippen LogP contribution in [0.3, 0.4) is 0 Å². The van der Waals surface area contributed by atoms with Gasteiger partial charge in [-0.15, -0.1) is 0 Å². The molecule has 2 aromatic rings. The van der Waals surface area contributed by atoms with Crippen LogP contribution >= 0.6 is 15.9 Å². The molecular formula is C22H23BrN2O3. The topological polar surface area (TPSA) is 76.1 Å². The molecule has 3 rings (SSSR count). The molecule has 0 aliphatic heterocycles. The number of carbonyl (C=O) groups excluding carboxylic acids is 3. The van der Waals surface area contributed by atoms with E-state index in [1.54, 1.807) is 24.4 Å². The van der Waals surface area contributed by atoms with E-state index in [9.17, 15) is 14.4 Å². The smallest absolute Gasteiger partial charge is 0.269 e. The highest BCUT2D eigenvalue weighted by molar-refractivity contribution is 9.10. The van der Waals surface area contributed by atoms with E-state index in [0.29, 0.717) is 18.7 Å². The molecule has 1 aromatic heterocycles. The summed E-state index contributed by atoms with van der Waals surface area (Å²) >= 11 is 3.49. The molecule has 1 aromatic carbocycles. The summed E-state index contributed by atoms with van der Waals surface area (Å²) < 4.78 is 0.956. The minimum absolute atomic E-state index is 0.0221. The van der Waals surface area contributed by atoms with Gasteiger partial charge in [0, 0.05) is 29.6 Å². The van der Waals surface area contributed by atoms with E-state index >= 15 is 0 Å². The molecule has 1 heterocycles. The van der Waals surface area contributed by atoms with Gasteiger partial charge in [0.1, 0.15) is 17.4 Å². The Morgan fingerprint density at radius 1 is 1.29 bits per heavy atom. The summed E-state index contributed by atoms with van der Waals surface area (Å²) in [7, 11) is 0. The minimum Gasteiger partial charge on any atom is -0.351 e. The van der Waals surface area contributed by atoms with Gasteiger partial charge in [-0.1, -0.05) is 28.9 Å². The summed E-state index contributed by atoms with van der Waals surface area (Å²) in [6.07, 6.45) is 3.01. The number of Topliss-reactive ketones (excluding diaryl/α,β-unsaturated/α-hetero) is 2. The highest BCUT2D eigenvalue weighted by Crippen LogP contribution is 2.38. The van der Waals surface area contributed by atoms with Crippen LogP contribution in [0.1, 0.15) is 52.9 Å². The first-order chi connectivity index (χ1) is 13.4. The summed E-state index contributed by atoms with van der Waals surface area (Å²) in [4.78, 5) is 41.8. The molecule has 0 radical (unpaired) electrons. The normalized spacial score (nSPS) is 19.1. The zero-order valence-corrected chi connectivity index (χ0v) is 17.6. The van der Waals surface area contributed by atoms with Gasteiger partial charge in [-0.25, -0.2) is 0 Å². The first-order valence-corrected chi connectivity index (χ1v) is 10.3. The number of carbonyl (C=O) groups is 3. The molecule has 146 valence electrons. The number of benzene rings is 1. The third-order valence-electron chi connectivity index (χ3n) is 5.24. The number of hydrogen-bond donors (Lipinski definition) is 1. The van der Waals surface area contributed by atoms with Crippen LogP contribution in [0, 0.1) is 12.8 Å². The largest absolute Gasteiger partial charge is 0.351 e. The number of halogens is 1. The fourth-order valence-electron chi connectivity index (χ4n) is 3.88. The molecule has 2 atom stereocenters.